The zero-order valence-corrected chi connectivity index (χ0v) is 34.7. The first kappa shape index (κ1) is 49.4. The third-order valence-electron chi connectivity index (χ3n) is 10.3. The summed E-state index contributed by atoms with van der Waals surface area (Å²) in [5.41, 5.74) is 0. The molecule has 0 amide bonds. The van der Waals surface area contributed by atoms with Crippen LogP contribution in [-0.2, 0) is 28.6 Å². The summed E-state index contributed by atoms with van der Waals surface area (Å²) in [5, 5.41) is 0. The van der Waals surface area contributed by atoms with Gasteiger partial charge in [-0.1, -0.05) is 202 Å². The molecule has 1 unspecified atom stereocenters. The van der Waals surface area contributed by atoms with E-state index in [1.54, 1.807) is 0 Å². The molecule has 0 fully saturated rings. The lowest BCUT2D eigenvalue weighted by Gasteiger charge is -2.18. The Morgan fingerprint density at radius 2 is 0.745 bits per heavy atom. The quantitative estimate of drug-likeness (QED) is 0.0357. The largest absolute Gasteiger partial charge is 0.462 e. The highest BCUT2D eigenvalue weighted by Gasteiger charge is 2.19. The average Bonchev–Trinajstić information content (AvgIpc) is 3.11. The van der Waals surface area contributed by atoms with Crippen molar-refractivity contribution in [2.24, 2.45) is 11.8 Å². The first-order chi connectivity index (χ1) is 24.8. The molecule has 302 valence electrons. The van der Waals surface area contributed by atoms with Crippen LogP contribution in [-0.4, -0.2) is 37.2 Å². The molecule has 0 bridgehead atoms. The first-order valence-corrected chi connectivity index (χ1v) is 22.3. The van der Waals surface area contributed by atoms with Gasteiger partial charge in [0, 0.05) is 19.3 Å². The molecule has 0 aliphatic carbocycles. The second-order valence-electron chi connectivity index (χ2n) is 16.1. The Bertz CT molecular complexity index is 781. The molecular formula is C45H86O6. The van der Waals surface area contributed by atoms with Crippen LogP contribution in [0.2, 0.25) is 0 Å². The van der Waals surface area contributed by atoms with E-state index in [1.165, 1.54) is 128 Å². The van der Waals surface area contributed by atoms with Gasteiger partial charge in [-0.05, 0) is 31.1 Å². The van der Waals surface area contributed by atoms with Crippen molar-refractivity contribution < 1.29 is 28.6 Å². The Kier molecular flexibility index (Phi) is 37.0. The van der Waals surface area contributed by atoms with Gasteiger partial charge in [0.15, 0.2) is 6.10 Å². The molecule has 0 aliphatic rings. The van der Waals surface area contributed by atoms with Gasteiger partial charge < -0.3 is 14.2 Å². The van der Waals surface area contributed by atoms with Crippen molar-refractivity contribution in [3.63, 3.8) is 0 Å². The molecule has 0 rings (SSSR count). The predicted octanol–water partition coefficient (Wildman–Crippen LogP) is 13.8. The van der Waals surface area contributed by atoms with Crippen molar-refractivity contribution in [2.45, 2.75) is 246 Å². The highest BCUT2D eigenvalue weighted by Crippen LogP contribution is 2.17. The van der Waals surface area contributed by atoms with E-state index in [2.05, 4.69) is 34.6 Å². The minimum atomic E-state index is -0.760. The molecule has 0 N–H and O–H groups in total. The number of unbranched alkanes of at least 4 members (excludes halogenated alkanes) is 23. The van der Waals surface area contributed by atoms with E-state index >= 15 is 0 Å². The van der Waals surface area contributed by atoms with Gasteiger partial charge in [0.1, 0.15) is 13.2 Å². The van der Waals surface area contributed by atoms with E-state index in [-0.39, 0.29) is 31.1 Å². The summed E-state index contributed by atoms with van der Waals surface area (Å²) in [6.45, 7) is 11.3. The van der Waals surface area contributed by atoms with Crippen LogP contribution in [0.25, 0.3) is 0 Å². The molecule has 0 radical (unpaired) electrons. The predicted molar refractivity (Wildman–Crippen MR) is 215 cm³/mol. The van der Waals surface area contributed by atoms with E-state index in [9.17, 15) is 14.4 Å². The summed E-state index contributed by atoms with van der Waals surface area (Å²) in [4.78, 5) is 37.6. The highest BCUT2D eigenvalue weighted by atomic mass is 16.6. The molecule has 0 spiro atoms. The van der Waals surface area contributed by atoms with Crippen LogP contribution in [0.1, 0.15) is 240 Å². The van der Waals surface area contributed by atoms with Crippen molar-refractivity contribution >= 4 is 17.9 Å². The van der Waals surface area contributed by atoms with Gasteiger partial charge in [-0.15, -0.1) is 0 Å². The number of hydrogen-bond acceptors (Lipinski definition) is 6. The van der Waals surface area contributed by atoms with E-state index in [0.29, 0.717) is 19.3 Å². The van der Waals surface area contributed by atoms with Crippen LogP contribution in [0, 0.1) is 11.8 Å². The fourth-order valence-electron chi connectivity index (χ4n) is 6.54. The van der Waals surface area contributed by atoms with Crippen molar-refractivity contribution in [2.75, 3.05) is 13.2 Å². The smallest absolute Gasteiger partial charge is 0.306 e. The van der Waals surface area contributed by atoms with Gasteiger partial charge in [0.25, 0.3) is 0 Å². The Morgan fingerprint density at radius 3 is 1.12 bits per heavy atom. The fraction of sp³-hybridized carbons (Fsp3) is 0.933. The van der Waals surface area contributed by atoms with Crippen LogP contribution in [0.4, 0.5) is 0 Å². The van der Waals surface area contributed by atoms with Gasteiger partial charge in [-0.25, -0.2) is 0 Å². The molecule has 0 aliphatic heterocycles. The summed E-state index contributed by atoms with van der Waals surface area (Å²) in [7, 11) is 0. The Morgan fingerprint density at radius 1 is 0.412 bits per heavy atom. The molecule has 6 heteroatoms. The molecule has 0 aromatic rings. The number of esters is 3. The van der Waals surface area contributed by atoms with Crippen molar-refractivity contribution in [1.82, 2.24) is 0 Å². The second-order valence-corrected chi connectivity index (χ2v) is 16.1. The van der Waals surface area contributed by atoms with Crippen molar-refractivity contribution in [3.8, 4) is 0 Å². The van der Waals surface area contributed by atoms with Crippen molar-refractivity contribution in [3.05, 3.63) is 0 Å². The maximum Gasteiger partial charge on any atom is 0.306 e. The second kappa shape index (κ2) is 38.1. The Labute approximate surface area is 317 Å². The zero-order chi connectivity index (χ0) is 37.6. The van der Waals surface area contributed by atoms with Gasteiger partial charge in [0.05, 0.1) is 0 Å². The molecule has 0 heterocycles. The lowest BCUT2D eigenvalue weighted by Crippen LogP contribution is -2.30. The summed E-state index contributed by atoms with van der Waals surface area (Å²) < 4.78 is 16.7. The van der Waals surface area contributed by atoms with Gasteiger partial charge in [-0.3, -0.25) is 14.4 Å². The topological polar surface area (TPSA) is 78.9 Å². The van der Waals surface area contributed by atoms with E-state index in [0.717, 1.165) is 69.6 Å². The summed E-state index contributed by atoms with van der Waals surface area (Å²) >= 11 is 0. The standard InChI is InChI=1S/C45H86O6/c1-6-8-9-10-11-12-16-19-25-30-35-43(46)49-38-42(51-45(48)37-32-27-22-21-23-28-33-40(3)4)39-50-44(47)36-31-26-20-17-14-13-15-18-24-29-34-41(5)7-2/h40-42H,6-39H2,1-5H3/t41?,42-/m0/s1. The third-order valence-corrected chi connectivity index (χ3v) is 10.3. The van der Waals surface area contributed by atoms with E-state index < -0.39 is 6.10 Å². The Hall–Kier alpha value is -1.59. The minimum Gasteiger partial charge on any atom is -0.462 e. The lowest BCUT2D eigenvalue weighted by atomic mass is 9.99. The molecule has 0 saturated heterocycles. The summed E-state index contributed by atoms with van der Waals surface area (Å²) in [6, 6.07) is 0. The summed E-state index contributed by atoms with van der Waals surface area (Å²) in [6.07, 6.45) is 35.2. The van der Waals surface area contributed by atoms with Gasteiger partial charge in [0.2, 0.25) is 0 Å². The molecule has 2 atom stereocenters. The highest BCUT2D eigenvalue weighted by molar-refractivity contribution is 5.71. The first-order valence-electron chi connectivity index (χ1n) is 22.3. The number of hydrogen-bond donors (Lipinski definition) is 0. The molecule has 0 aromatic carbocycles. The van der Waals surface area contributed by atoms with Gasteiger partial charge in [-0.2, -0.15) is 0 Å². The van der Waals surface area contributed by atoms with Crippen molar-refractivity contribution in [1.29, 1.82) is 0 Å². The number of rotatable bonds is 39. The Balaban J connectivity index is 4.31. The minimum absolute atomic E-state index is 0.0661. The van der Waals surface area contributed by atoms with E-state index in [1.807, 2.05) is 0 Å². The van der Waals surface area contributed by atoms with Gasteiger partial charge >= 0.3 is 17.9 Å². The zero-order valence-electron chi connectivity index (χ0n) is 34.7. The molecule has 51 heavy (non-hydrogen) atoms. The monoisotopic (exact) mass is 723 g/mol. The molecule has 6 nitrogen and oxygen atoms in total. The van der Waals surface area contributed by atoms with Crippen LogP contribution < -0.4 is 0 Å². The van der Waals surface area contributed by atoms with Crippen LogP contribution in [0.5, 0.6) is 0 Å². The van der Waals surface area contributed by atoms with E-state index in [4.69, 9.17) is 14.2 Å². The summed E-state index contributed by atoms with van der Waals surface area (Å²) in [5.74, 6) is 0.763. The fourth-order valence-corrected chi connectivity index (χ4v) is 6.54. The molecule has 0 aromatic heterocycles. The average molecular weight is 723 g/mol. The number of carbonyl (C=O) groups excluding carboxylic acids is 3. The number of ether oxygens (including phenoxy) is 3. The molecule has 0 saturated carbocycles. The number of carbonyl (C=O) groups is 3. The third kappa shape index (κ3) is 38.0. The SMILES string of the molecule is CCCCCCCCCCCCC(=O)OC[C@@H](COC(=O)CCCCCCCCCCCCC(C)CC)OC(=O)CCCCCCCCC(C)C. The van der Waals surface area contributed by atoms with Crippen LogP contribution in [0.3, 0.4) is 0 Å². The lowest BCUT2D eigenvalue weighted by molar-refractivity contribution is -0.167. The normalized spacial score (nSPS) is 12.6. The molecular weight excluding hydrogens is 636 g/mol. The maximum absolute atomic E-state index is 12.6. The van der Waals surface area contributed by atoms with Crippen LogP contribution >= 0.6 is 0 Å². The maximum atomic E-state index is 12.6. The van der Waals surface area contributed by atoms with Crippen LogP contribution in [0.15, 0.2) is 0 Å².